The van der Waals surface area contributed by atoms with Crippen molar-refractivity contribution in [1.82, 2.24) is 0 Å². The maximum Gasteiger partial charge on any atom is 0.553 e. The molecular weight excluding hydrogens is 312 g/mol. The van der Waals surface area contributed by atoms with Gasteiger partial charge >= 0.3 is 18.5 Å². The van der Waals surface area contributed by atoms with Crippen LogP contribution in [-0.4, -0.2) is 37.5 Å². The lowest BCUT2D eigenvalue weighted by molar-refractivity contribution is -0.236. The van der Waals surface area contributed by atoms with Gasteiger partial charge < -0.3 is 18.9 Å². The largest absolute Gasteiger partial charge is 0.553 e. The van der Waals surface area contributed by atoms with Crippen LogP contribution in [0.2, 0.25) is 0 Å². The molecule has 0 aromatic rings. The van der Waals surface area contributed by atoms with Crippen molar-refractivity contribution in [3.63, 3.8) is 0 Å². The summed E-state index contributed by atoms with van der Waals surface area (Å²) in [6, 6.07) is 0. The molecule has 0 fully saturated rings. The number of carbonyl (C=O) groups excluding carboxylic acids is 3. The number of carbonyl (C=O) groups is 3. The van der Waals surface area contributed by atoms with E-state index in [1.165, 1.54) is 0 Å². The van der Waals surface area contributed by atoms with Crippen LogP contribution in [0, 0.1) is 5.92 Å². The second-order valence-electron chi connectivity index (χ2n) is 5.13. The molecule has 9 nitrogen and oxygen atoms in total. The molecule has 23 heavy (non-hydrogen) atoms. The highest BCUT2D eigenvalue weighted by Gasteiger charge is 2.26. The standard InChI is InChI=1S/C14H24O9/c1-6-7-8-18-12(15)22-23-14(17)21-11(9(2)3)20-13(16)19-10(4)5/h9-11H,6-8H2,1-5H3. The highest BCUT2D eigenvalue weighted by atomic mass is 17.3. The zero-order valence-electron chi connectivity index (χ0n) is 14.0. The molecule has 1 unspecified atom stereocenters. The van der Waals surface area contributed by atoms with Crippen molar-refractivity contribution >= 4 is 18.5 Å². The third-order valence-corrected chi connectivity index (χ3v) is 2.20. The maximum atomic E-state index is 11.4. The van der Waals surface area contributed by atoms with Crippen LogP contribution >= 0.6 is 0 Å². The third kappa shape index (κ3) is 11.1. The first kappa shape index (κ1) is 20.8. The molecule has 0 heterocycles. The molecule has 0 aliphatic rings. The van der Waals surface area contributed by atoms with E-state index in [0.717, 1.165) is 6.42 Å². The number of hydrogen-bond donors (Lipinski definition) is 0. The van der Waals surface area contributed by atoms with Gasteiger partial charge in [0, 0.05) is 5.92 Å². The minimum absolute atomic E-state index is 0.145. The van der Waals surface area contributed by atoms with Crippen molar-refractivity contribution < 1.29 is 43.1 Å². The molecule has 0 aromatic heterocycles. The zero-order valence-corrected chi connectivity index (χ0v) is 14.0. The predicted octanol–water partition coefficient (Wildman–Crippen LogP) is 3.55. The first-order chi connectivity index (χ1) is 10.8. The average molecular weight is 336 g/mol. The molecule has 0 aliphatic heterocycles. The van der Waals surface area contributed by atoms with Gasteiger partial charge in [0.2, 0.25) is 0 Å². The van der Waals surface area contributed by atoms with Crippen LogP contribution in [0.25, 0.3) is 0 Å². The van der Waals surface area contributed by atoms with E-state index in [9.17, 15) is 14.4 Å². The highest BCUT2D eigenvalue weighted by molar-refractivity contribution is 5.64. The van der Waals surface area contributed by atoms with E-state index in [2.05, 4.69) is 14.5 Å². The number of ether oxygens (including phenoxy) is 4. The Balaban J connectivity index is 4.20. The van der Waals surface area contributed by atoms with E-state index in [0.29, 0.717) is 6.42 Å². The summed E-state index contributed by atoms with van der Waals surface area (Å²) < 4.78 is 18.9. The van der Waals surface area contributed by atoms with Gasteiger partial charge in [-0.1, -0.05) is 27.2 Å². The van der Waals surface area contributed by atoms with Gasteiger partial charge in [-0.15, -0.1) is 0 Å². The van der Waals surface area contributed by atoms with Crippen molar-refractivity contribution in [2.45, 2.75) is 59.9 Å². The Morgan fingerprint density at radius 3 is 1.91 bits per heavy atom. The molecule has 0 bridgehead atoms. The summed E-state index contributed by atoms with van der Waals surface area (Å²) >= 11 is 0. The topological polar surface area (TPSA) is 107 Å². The summed E-state index contributed by atoms with van der Waals surface area (Å²) in [5.41, 5.74) is 0. The summed E-state index contributed by atoms with van der Waals surface area (Å²) in [7, 11) is 0. The molecule has 0 radical (unpaired) electrons. The van der Waals surface area contributed by atoms with Crippen LogP contribution in [-0.2, 0) is 28.7 Å². The Morgan fingerprint density at radius 2 is 1.39 bits per heavy atom. The van der Waals surface area contributed by atoms with E-state index in [1.54, 1.807) is 27.7 Å². The van der Waals surface area contributed by atoms with Crippen molar-refractivity contribution in [2.24, 2.45) is 5.92 Å². The van der Waals surface area contributed by atoms with Gasteiger partial charge in [-0.05, 0) is 20.3 Å². The second-order valence-corrected chi connectivity index (χ2v) is 5.13. The van der Waals surface area contributed by atoms with Gasteiger partial charge in [0.05, 0.1) is 12.7 Å². The Bertz CT molecular complexity index is 378. The van der Waals surface area contributed by atoms with Gasteiger partial charge in [-0.3, -0.25) is 0 Å². The van der Waals surface area contributed by atoms with Crippen LogP contribution in [0.1, 0.15) is 47.5 Å². The monoisotopic (exact) mass is 336 g/mol. The molecule has 0 saturated heterocycles. The van der Waals surface area contributed by atoms with E-state index in [-0.39, 0.29) is 18.6 Å². The molecule has 0 spiro atoms. The second kappa shape index (κ2) is 11.4. The van der Waals surface area contributed by atoms with Crippen LogP contribution < -0.4 is 0 Å². The number of unbranched alkanes of at least 4 members (excludes halogenated alkanes) is 1. The molecular formula is C14H24O9. The number of hydrogen-bond acceptors (Lipinski definition) is 9. The number of rotatable bonds is 7. The van der Waals surface area contributed by atoms with Crippen LogP contribution in [0.15, 0.2) is 0 Å². The van der Waals surface area contributed by atoms with Crippen LogP contribution in [0.5, 0.6) is 0 Å². The summed E-state index contributed by atoms with van der Waals surface area (Å²) in [5, 5.41) is 0. The van der Waals surface area contributed by atoms with Crippen molar-refractivity contribution in [1.29, 1.82) is 0 Å². The quantitative estimate of drug-likeness (QED) is 0.172. The molecule has 9 heteroatoms. The van der Waals surface area contributed by atoms with E-state index < -0.39 is 24.8 Å². The van der Waals surface area contributed by atoms with Crippen LogP contribution in [0.4, 0.5) is 14.4 Å². The van der Waals surface area contributed by atoms with Crippen LogP contribution in [0.3, 0.4) is 0 Å². The van der Waals surface area contributed by atoms with Crippen molar-refractivity contribution in [3.8, 4) is 0 Å². The summed E-state index contributed by atoms with van der Waals surface area (Å²) in [4.78, 5) is 42.0. The molecule has 0 aliphatic carbocycles. The van der Waals surface area contributed by atoms with Crippen molar-refractivity contribution in [3.05, 3.63) is 0 Å². The maximum absolute atomic E-state index is 11.4. The Labute approximate surface area is 135 Å². The normalized spacial score (nSPS) is 11.6. The molecule has 0 amide bonds. The Kier molecular flexibility index (Phi) is 10.3. The lowest BCUT2D eigenvalue weighted by Gasteiger charge is -2.20. The van der Waals surface area contributed by atoms with E-state index >= 15 is 0 Å². The SMILES string of the molecule is CCCCOC(=O)OOC(=O)OC(OC(=O)OC(C)C)C(C)C. The van der Waals surface area contributed by atoms with Gasteiger partial charge in [0.25, 0.3) is 6.29 Å². The first-order valence-corrected chi connectivity index (χ1v) is 7.35. The third-order valence-electron chi connectivity index (χ3n) is 2.20. The molecule has 0 saturated carbocycles. The molecule has 0 aromatic carbocycles. The molecule has 1 atom stereocenters. The molecule has 134 valence electrons. The fraction of sp³-hybridized carbons (Fsp3) is 0.786. The average Bonchev–Trinajstić information content (AvgIpc) is 2.43. The summed E-state index contributed by atoms with van der Waals surface area (Å²) in [5.74, 6) is -0.376. The minimum atomic E-state index is -1.35. The smallest absolute Gasteiger partial charge is 0.432 e. The summed E-state index contributed by atoms with van der Waals surface area (Å²) in [6.07, 6.45) is -3.68. The van der Waals surface area contributed by atoms with E-state index in [4.69, 9.17) is 14.2 Å². The predicted molar refractivity (Wildman–Crippen MR) is 76.2 cm³/mol. The first-order valence-electron chi connectivity index (χ1n) is 7.35. The van der Waals surface area contributed by atoms with Gasteiger partial charge in [-0.25, -0.2) is 4.79 Å². The lowest BCUT2D eigenvalue weighted by atomic mass is 10.2. The van der Waals surface area contributed by atoms with E-state index in [1.807, 2.05) is 6.92 Å². The molecule has 0 N–H and O–H groups in total. The highest BCUT2D eigenvalue weighted by Crippen LogP contribution is 2.11. The molecule has 0 rings (SSSR count). The fourth-order valence-electron chi connectivity index (χ4n) is 1.12. The fourth-order valence-corrected chi connectivity index (χ4v) is 1.12. The van der Waals surface area contributed by atoms with Crippen molar-refractivity contribution in [2.75, 3.05) is 6.61 Å². The van der Waals surface area contributed by atoms with Gasteiger partial charge in [0.15, 0.2) is 0 Å². The Morgan fingerprint density at radius 1 is 0.826 bits per heavy atom. The minimum Gasteiger partial charge on any atom is -0.432 e. The van der Waals surface area contributed by atoms with Gasteiger partial charge in [-0.2, -0.15) is 19.4 Å². The zero-order chi connectivity index (χ0) is 17.8. The lowest BCUT2D eigenvalue weighted by Crippen LogP contribution is -2.31. The van der Waals surface area contributed by atoms with Gasteiger partial charge in [0.1, 0.15) is 0 Å². The summed E-state index contributed by atoms with van der Waals surface area (Å²) in [6.45, 7) is 8.61. The Hall–Kier alpha value is -2.19.